The average molecular weight is 326 g/mol. The number of amides is 1. The van der Waals surface area contributed by atoms with Crippen molar-refractivity contribution < 1.29 is 4.79 Å². The van der Waals surface area contributed by atoms with Gasteiger partial charge >= 0.3 is 0 Å². The summed E-state index contributed by atoms with van der Waals surface area (Å²) >= 11 is 1.93. The molecule has 1 fully saturated rings. The van der Waals surface area contributed by atoms with Crippen LogP contribution < -0.4 is 5.73 Å². The second-order valence-electron chi connectivity index (χ2n) is 5.83. The van der Waals surface area contributed by atoms with Crippen LogP contribution in [0.25, 0.3) is 0 Å². The molecule has 2 aromatic carbocycles. The lowest BCUT2D eigenvalue weighted by Gasteiger charge is -2.40. The van der Waals surface area contributed by atoms with Crippen molar-refractivity contribution in [3.05, 3.63) is 71.3 Å². The maximum absolute atomic E-state index is 13.0. The van der Waals surface area contributed by atoms with Crippen LogP contribution in [0.15, 0.2) is 54.6 Å². The topological polar surface area (TPSA) is 46.3 Å². The standard InChI is InChI=1S/C19H22N2OS/c1-14-18(16-5-3-2-4-6-16)21(11-12-23-14)19(22)17-9-7-15(13-20)8-10-17/h2-10,14,18H,11-13,20H2,1H3/t14-,18-/m0/s1. The van der Waals surface area contributed by atoms with E-state index >= 15 is 0 Å². The molecule has 3 nitrogen and oxygen atoms in total. The second kappa shape index (κ2) is 7.20. The number of nitrogens with two attached hydrogens (primary N) is 1. The summed E-state index contributed by atoms with van der Waals surface area (Å²) in [5.41, 5.74) is 8.63. The third-order valence-corrected chi connectivity index (χ3v) is 5.53. The van der Waals surface area contributed by atoms with Crippen molar-refractivity contribution in [3.63, 3.8) is 0 Å². The van der Waals surface area contributed by atoms with Crippen LogP contribution in [0, 0.1) is 0 Å². The lowest BCUT2D eigenvalue weighted by atomic mass is 10.0. The lowest BCUT2D eigenvalue weighted by molar-refractivity contribution is 0.0681. The molecule has 0 aromatic heterocycles. The van der Waals surface area contributed by atoms with Gasteiger partial charge in [0.25, 0.3) is 5.91 Å². The molecule has 1 aliphatic heterocycles. The number of carbonyl (C=O) groups is 1. The molecular weight excluding hydrogens is 304 g/mol. The molecule has 1 aliphatic rings. The normalized spacial score (nSPS) is 21.2. The van der Waals surface area contributed by atoms with E-state index in [2.05, 4.69) is 19.1 Å². The quantitative estimate of drug-likeness (QED) is 0.939. The molecular formula is C19H22N2OS. The van der Waals surface area contributed by atoms with Gasteiger partial charge in [-0.3, -0.25) is 4.79 Å². The molecule has 0 bridgehead atoms. The summed E-state index contributed by atoms with van der Waals surface area (Å²) in [6.45, 7) is 3.49. The minimum absolute atomic E-state index is 0.106. The van der Waals surface area contributed by atoms with Gasteiger partial charge in [0.05, 0.1) is 6.04 Å². The molecule has 1 saturated heterocycles. The Kier molecular flexibility index (Phi) is 5.03. The van der Waals surface area contributed by atoms with Gasteiger partial charge in [-0.2, -0.15) is 11.8 Å². The summed E-state index contributed by atoms with van der Waals surface area (Å²) in [4.78, 5) is 15.0. The molecule has 4 heteroatoms. The van der Waals surface area contributed by atoms with Crippen LogP contribution in [0.4, 0.5) is 0 Å². The molecule has 2 N–H and O–H groups in total. The van der Waals surface area contributed by atoms with Crippen LogP contribution in [0.2, 0.25) is 0 Å². The molecule has 1 amide bonds. The number of benzene rings is 2. The minimum Gasteiger partial charge on any atom is -0.330 e. The Bertz CT molecular complexity index is 657. The molecule has 3 rings (SSSR count). The molecule has 0 radical (unpaired) electrons. The van der Waals surface area contributed by atoms with E-state index in [0.717, 1.165) is 23.4 Å². The van der Waals surface area contributed by atoms with Gasteiger partial charge in [-0.1, -0.05) is 49.4 Å². The third-order valence-electron chi connectivity index (χ3n) is 4.33. The Balaban J connectivity index is 1.89. The van der Waals surface area contributed by atoms with Gasteiger partial charge in [0.15, 0.2) is 0 Å². The van der Waals surface area contributed by atoms with E-state index in [4.69, 9.17) is 5.73 Å². The first kappa shape index (κ1) is 16.1. The molecule has 0 aliphatic carbocycles. The fraction of sp³-hybridized carbons (Fsp3) is 0.316. The van der Waals surface area contributed by atoms with Gasteiger partial charge in [0.1, 0.15) is 0 Å². The average Bonchev–Trinajstić information content (AvgIpc) is 2.61. The summed E-state index contributed by atoms with van der Waals surface area (Å²) in [7, 11) is 0. The number of nitrogens with zero attached hydrogens (tertiary/aromatic N) is 1. The Hall–Kier alpha value is -1.78. The van der Waals surface area contributed by atoms with Crippen molar-refractivity contribution in [1.82, 2.24) is 4.90 Å². The van der Waals surface area contributed by atoms with Crippen molar-refractivity contribution >= 4 is 17.7 Å². The Morgan fingerprint density at radius 2 is 1.87 bits per heavy atom. The highest BCUT2D eigenvalue weighted by Gasteiger charge is 2.33. The van der Waals surface area contributed by atoms with Gasteiger partial charge < -0.3 is 10.6 Å². The van der Waals surface area contributed by atoms with E-state index in [1.54, 1.807) is 0 Å². The van der Waals surface area contributed by atoms with E-state index in [0.29, 0.717) is 11.8 Å². The molecule has 23 heavy (non-hydrogen) atoms. The highest BCUT2D eigenvalue weighted by atomic mass is 32.2. The number of thioether (sulfide) groups is 1. The van der Waals surface area contributed by atoms with E-state index in [-0.39, 0.29) is 11.9 Å². The molecule has 0 unspecified atom stereocenters. The van der Waals surface area contributed by atoms with Crippen LogP contribution in [0.1, 0.15) is 34.5 Å². The number of hydrogen-bond acceptors (Lipinski definition) is 3. The zero-order valence-corrected chi connectivity index (χ0v) is 14.1. The summed E-state index contributed by atoms with van der Waals surface area (Å²) in [6.07, 6.45) is 0. The number of hydrogen-bond donors (Lipinski definition) is 1. The Labute approximate surface area is 141 Å². The predicted octanol–water partition coefficient (Wildman–Crippen LogP) is 3.46. The molecule has 2 atom stereocenters. The largest absolute Gasteiger partial charge is 0.330 e. The first-order valence-corrected chi connectivity index (χ1v) is 9.02. The van der Waals surface area contributed by atoms with Crippen molar-refractivity contribution in [2.24, 2.45) is 5.73 Å². The molecule has 2 aromatic rings. The zero-order valence-electron chi connectivity index (χ0n) is 13.3. The summed E-state index contributed by atoms with van der Waals surface area (Å²) in [5, 5.41) is 0.387. The molecule has 120 valence electrons. The van der Waals surface area contributed by atoms with E-state index in [1.807, 2.05) is 59.1 Å². The number of rotatable bonds is 3. The van der Waals surface area contributed by atoms with Crippen molar-refractivity contribution in [2.45, 2.75) is 24.8 Å². The van der Waals surface area contributed by atoms with Crippen molar-refractivity contribution in [2.75, 3.05) is 12.3 Å². The van der Waals surface area contributed by atoms with Crippen LogP contribution in [-0.4, -0.2) is 28.4 Å². The van der Waals surface area contributed by atoms with Crippen molar-refractivity contribution in [3.8, 4) is 0 Å². The number of carbonyl (C=O) groups excluding carboxylic acids is 1. The Morgan fingerprint density at radius 3 is 2.52 bits per heavy atom. The van der Waals surface area contributed by atoms with Crippen LogP contribution in [-0.2, 0) is 6.54 Å². The SMILES string of the molecule is C[C@@H]1SCCN(C(=O)c2ccc(CN)cc2)[C@@H]1c1ccccc1. The van der Waals surface area contributed by atoms with Crippen molar-refractivity contribution in [1.29, 1.82) is 0 Å². The van der Waals surface area contributed by atoms with Crippen LogP contribution in [0.3, 0.4) is 0 Å². The van der Waals surface area contributed by atoms with E-state index in [9.17, 15) is 4.79 Å². The van der Waals surface area contributed by atoms with Gasteiger partial charge in [-0.15, -0.1) is 0 Å². The monoisotopic (exact) mass is 326 g/mol. The highest BCUT2D eigenvalue weighted by Crippen LogP contribution is 2.36. The molecule has 0 saturated carbocycles. The molecule has 0 spiro atoms. The summed E-state index contributed by atoms with van der Waals surface area (Å²) in [5.74, 6) is 1.09. The van der Waals surface area contributed by atoms with Gasteiger partial charge in [0, 0.05) is 29.7 Å². The first-order valence-electron chi connectivity index (χ1n) is 7.97. The molecule has 1 heterocycles. The van der Waals surface area contributed by atoms with Gasteiger partial charge in [0.2, 0.25) is 0 Å². The fourth-order valence-corrected chi connectivity index (χ4v) is 4.26. The zero-order chi connectivity index (χ0) is 16.2. The maximum Gasteiger partial charge on any atom is 0.254 e. The van der Waals surface area contributed by atoms with Gasteiger partial charge in [-0.25, -0.2) is 0 Å². The van der Waals surface area contributed by atoms with Gasteiger partial charge in [-0.05, 0) is 23.3 Å². The van der Waals surface area contributed by atoms with E-state index < -0.39 is 0 Å². The van der Waals surface area contributed by atoms with Crippen LogP contribution in [0.5, 0.6) is 0 Å². The minimum atomic E-state index is 0.106. The Morgan fingerprint density at radius 1 is 1.17 bits per heavy atom. The van der Waals surface area contributed by atoms with Crippen LogP contribution >= 0.6 is 11.8 Å². The first-order chi connectivity index (χ1) is 11.2. The maximum atomic E-state index is 13.0. The summed E-state index contributed by atoms with van der Waals surface area (Å²) < 4.78 is 0. The predicted molar refractivity (Wildman–Crippen MR) is 96.5 cm³/mol. The van der Waals surface area contributed by atoms with E-state index in [1.165, 1.54) is 5.56 Å². The smallest absolute Gasteiger partial charge is 0.254 e. The summed E-state index contributed by atoms with van der Waals surface area (Å²) in [6, 6.07) is 18.1. The second-order valence-corrected chi connectivity index (χ2v) is 7.32. The third kappa shape index (κ3) is 3.43. The lowest BCUT2D eigenvalue weighted by Crippen LogP contribution is -2.43. The highest BCUT2D eigenvalue weighted by molar-refractivity contribution is 8.00. The fourth-order valence-electron chi connectivity index (χ4n) is 3.10.